The number of ketones is 1. The van der Waals surface area contributed by atoms with Crippen molar-refractivity contribution < 1.29 is 19.1 Å². The highest BCUT2D eigenvalue weighted by Gasteiger charge is 2.46. The quantitative estimate of drug-likeness (QED) is 0.383. The fourth-order valence-electron chi connectivity index (χ4n) is 3.51. The molecule has 1 aliphatic heterocycles. The number of hydrogen-bond acceptors (Lipinski definition) is 4. The van der Waals surface area contributed by atoms with Crippen molar-refractivity contribution in [3.8, 4) is 0 Å². The van der Waals surface area contributed by atoms with Gasteiger partial charge in [-0.3, -0.25) is 9.59 Å². The number of halogens is 1. The molecule has 0 bridgehead atoms. The van der Waals surface area contributed by atoms with Gasteiger partial charge in [-0.1, -0.05) is 36.4 Å². The number of aliphatic hydroxyl groups is 1. The van der Waals surface area contributed by atoms with Crippen LogP contribution in [0.4, 0.5) is 4.39 Å². The van der Waals surface area contributed by atoms with Gasteiger partial charge in [0, 0.05) is 17.0 Å². The molecule has 1 aromatic heterocycles. The normalized spacial score (nSPS) is 18.4. The number of thiophene rings is 1. The minimum Gasteiger partial charge on any atom is -0.507 e. The molecule has 0 radical (unpaired) electrons. The Labute approximate surface area is 171 Å². The second-order valence-corrected chi connectivity index (χ2v) is 7.73. The van der Waals surface area contributed by atoms with Gasteiger partial charge in [-0.05, 0) is 47.7 Å². The molecule has 6 heteroatoms. The van der Waals surface area contributed by atoms with E-state index >= 15 is 0 Å². The molecule has 1 saturated heterocycles. The van der Waals surface area contributed by atoms with Gasteiger partial charge in [0.05, 0.1) is 11.6 Å². The molecule has 1 atom stereocenters. The van der Waals surface area contributed by atoms with Gasteiger partial charge in [0.1, 0.15) is 11.6 Å². The maximum Gasteiger partial charge on any atom is 0.295 e. The van der Waals surface area contributed by atoms with Crippen molar-refractivity contribution in [2.75, 3.05) is 6.54 Å². The molecule has 2 heterocycles. The molecule has 2 aromatic carbocycles. The molecular formula is C23H18FNO3S. The maximum atomic E-state index is 13.3. The van der Waals surface area contributed by atoms with E-state index in [1.54, 1.807) is 0 Å². The summed E-state index contributed by atoms with van der Waals surface area (Å²) in [4.78, 5) is 27.9. The van der Waals surface area contributed by atoms with Crippen LogP contribution in [0.3, 0.4) is 0 Å². The molecule has 1 unspecified atom stereocenters. The van der Waals surface area contributed by atoms with Crippen molar-refractivity contribution in [2.24, 2.45) is 0 Å². The van der Waals surface area contributed by atoms with E-state index < -0.39 is 23.5 Å². The van der Waals surface area contributed by atoms with Crippen LogP contribution < -0.4 is 0 Å². The number of amides is 1. The van der Waals surface area contributed by atoms with Crippen molar-refractivity contribution in [1.29, 1.82) is 0 Å². The SMILES string of the molecule is O=C1C(=O)N(CCc2ccccc2)C(c2cccs2)/C1=C(\O)c1ccc(F)cc1. The summed E-state index contributed by atoms with van der Waals surface area (Å²) in [6, 6.07) is 17.9. The van der Waals surface area contributed by atoms with Gasteiger partial charge in [-0.2, -0.15) is 0 Å². The number of carbonyl (C=O) groups excluding carboxylic acids is 2. The van der Waals surface area contributed by atoms with Gasteiger partial charge in [-0.25, -0.2) is 4.39 Å². The van der Waals surface area contributed by atoms with E-state index in [9.17, 15) is 19.1 Å². The van der Waals surface area contributed by atoms with Crippen LogP contribution in [-0.4, -0.2) is 28.2 Å². The molecule has 1 aliphatic rings. The van der Waals surface area contributed by atoms with Crippen molar-refractivity contribution in [3.63, 3.8) is 0 Å². The third-order valence-electron chi connectivity index (χ3n) is 4.95. The molecule has 29 heavy (non-hydrogen) atoms. The minimum atomic E-state index is -0.724. The van der Waals surface area contributed by atoms with Crippen LogP contribution in [0.25, 0.3) is 5.76 Å². The van der Waals surface area contributed by atoms with Crippen molar-refractivity contribution in [2.45, 2.75) is 12.5 Å². The number of Topliss-reactive ketones (excluding diaryl/α,β-unsaturated/α-hetero) is 1. The van der Waals surface area contributed by atoms with Crippen LogP contribution in [0.15, 0.2) is 77.7 Å². The van der Waals surface area contributed by atoms with Crippen molar-refractivity contribution in [1.82, 2.24) is 4.90 Å². The lowest BCUT2D eigenvalue weighted by molar-refractivity contribution is -0.139. The molecular weight excluding hydrogens is 389 g/mol. The van der Waals surface area contributed by atoms with E-state index in [2.05, 4.69) is 0 Å². The average molecular weight is 407 g/mol. The van der Waals surface area contributed by atoms with Gasteiger partial charge >= 0.3 is 0 Å². The van der Waals surface area contributed by atoms with Crippen LogP contribution in [0.1, 0.15) is 22.0 Å². The summed E-state index contributed by atoms with van der Waals surface area (Å²) in [5.41, 5.74) is 1.39. The summed E-state index contributed by atoms with van der Waals surface area (Å²) < 4.78 is 13.3. The van der Waals surface area contributed by atoms with Gasteiger partial charge in [-0.15, -0.1) is 11.3 Å². The third-order valence-corrected chi connectivity index (χ3v) is 5.88. The summed E-state index contributed by atoms with van der Waals surface area (Å²) in [5, 5.41) is 12.7. The summed E-state index contributed by atoms with van der Waals surface area (Å²) >= 11 is 1.42. The number of likely N-dealkylation sites (tertiary alicyclic amines) is 1. The zero-order valence-corrected chi connectivity index (χ0v) is 16.2. The van der Waals surface area contributed by atoms with E-state index in [1.165, 1.54) is 40.5 Å². The Bertz CT molecular complexity index is 1060. The molecule has 4 rings (SSSR count). The molecule has 3 aromatic rings. The van der Waals surface area contributed by atoms with Gasteiger partial charge in [0.25, 0.3) is 11.7 Å². The first kappa shape index (κ1) is 19.1. The molecule has 1 amide bonds. The summed E-state index contributed by atoms with van der Waals surface area (Å²) in [6.07, 6.45) is 0.590. The second kappa shape index (κ2) is 8.01. The highest BCUT2D eigenvalue weighted by atomic mass is 32.1. The van der Waals surface area contributed by atoms with E-state index in [0.29, 0.717) is 18.5 Å². The zero-order chi connectivity index (χ0) is 20.4. The largest absolute Gasteiger partial charge is 0.507 e. The predicted molar refractivity (Wildman–Crippen MR) is 110 cm³/mol. The second-order valence-electron chi connectivity index (χ2n) is 6.75. The lowest BCUT2D eigenvalue weighted by atomic mass is 9.99. The molecule has 0 aliphatic carbocycles. The maximum absolute atomic E-state index is 13.3. The lowest BCUT2D eigenvalue weighted by Gasteiger charge is -2.24. The standard InChI is InChI=1S/C23H18FNO3S/c24-17-10-8-16(9-11-17)21(26)19-20(18-7-4-14-29-18)25(23(28)22(19)27)13-12-15-5-2-1-3-6-15/h1-11,14,20,26H,12-13H2/b21-19+. The Hall–Kier alpha value is -3.25. The monoisotopic (exact) mass is 407 g/mol. The van der Waals surface area contributed by atoms with Crippen LogP contribution in [0.5, 0.6) is 0 Å². The minimum absolute atomic E-state index is 0.0390. The Balaban J connectivity index is 1.74. The summed E-state index contributed by atoms with van der Waals surface area (Å²) in [6.45, 7) is 0.345. The highest BCUT2D eigenvalue weighted by molar-refractivity contribution is 7.10. The molecule has 1 N–H and O–H groups in total. The van der Waals surface area contributed by atoms with E-state index in [4.69, 9.17) is 0 Å². The van der Waals surface area contributed by atoms with Crippen LogP contribution >= 0.6 is 11.3 Å². The molecule has 4 nitrogen and oxygen atoms in total. The lowest BCUT2D eigenvalue weighted by Crippen LogP contribution is -2.31. The van der Waals surface area contributed by atoms with E-state index in [0.717, 1.165) is 10.4 Å². The smallest absolute Gasteiger partial charge is 0.295 e. The topological polar surface area (TPSA) is 57.6 Å². The Morgan fingerprint density at radius 2 is 1.72 bits per heavy atom. The number of benzene rings is 2. The number of rotatable bonds is 5. The van der Waals surface area contributed by atoms with Crippen molar-refractivity contribution >= 4 is 28.8 Å². The fraction of sp³-hybridized carbons (Fsp3) is 0.130. The van der Waals surface area contributed by atoms with E-state index in [1.807, 2.05) is 47.8 Å². The Kier molecular flexibility index (Phi) is 5.27. The van der Waals surface area contributed by atoms with Crippen LogP contribution in [0.2, 0.25) is 0 Å². The van der Waals surface area contributed by atoms with E-state index in [-0.39, 0.29) is 11.3 Å². The van der Waals surface area contributed by atoms with Gasteiger partial charge in [0.2, 0.25) is 0 Å². The predicted octanol–water partition coefficient (Wildman–Crippen LogP) is 4.55. The van der Waals surface area contributed by atoms with Crippen LogP contribution in [0, 0.1) is 5.82 Å². The fourth-order valence-corrected chi connectivity index (χ4v) is 4.36. The number of hydrogen-bond donors (Lipinski definition) is 1. The summed E-state index contributed by atoms with van der Waals surface area (Å²) in [5.74, 6) is -2.09. The number of aliphatic hydroxyl groups excluding tert-OH is 1. The first-order chi connectivity index (χ1) is 14.1. The zero-order valence-electron chi connectivity index (χ0n) is 15.4. The molecule has 0 spiro atoms. The Morgan fingerprint density at radius 3 is 2.38 bits per heavy atom. The molecule has 146 valence electrons. The van der Waals surface area contributed by atoms with Crippen LogP contribution in [-0.2, 0) is 16.0 Å². The van der Waals surface area contributed by atoms with Crippen molar-refractivity contribution in [3.05, 3.63) is 99.5 Å². The van der Waals surface area contributed by atoms with Gasteiger partial charge < -0.3 is 10.0 Å². The molecule has 1 fully saturated rings. The third kappa shape index (κ3) is 3.71. The first-order valence-electron chi connectivity index (χ1n) is 9.18. The average Bonchev–Trinajstić information content (AvgIpc) is 3.35. The highest BCUT2D eigenvalue weighted by Crippen LogP contribution is 2.41. The Morgan fingerprint density at radius 1 is 1.00 bits per heavy atom. The summed E-state index contributed by atoms with van der Waals surface area (Å²) in [7, 11) is 0. The molecule has 0 saturated carbocycles. The first-order valence-corrected chi connectivity index (χ1v) is 10.1. The number of nitrogens with zero attached hydrogens (tertiary/aromatic N) is 1. The van der Waals surface area contributed by atoms with Gasteiger partial charge in [0.15, 0.2) is 0 Å². The number of carbonyl (C=O) groups is 2.